The fraction of sp³-hybridized carbons (Fsp3) is 0.100. The number of rotatable bonds is 6. The number of nitrogens with zero attached hydrogens (tertiary/aromatic N) is 1. The highest BCUT2D eigenvalue weighted by Crippen LogP contribution is 2.19. The molecule has 1 aromatic heterocycles. The molecule has 0 unspecified atom stereocenters. The van der Waals surface area contributed by atoms with Crippen LogP contribution < -0.4 is 10.1 Å². The Kier molecular flexibility index (Phi) is 5.39. The van der Waals surface area contributed by atoms with Crippen LogP contribution in [0.5, 0.6) is 5.75 Å². The summed E-state index contributed by atoms with van der Waals surface area (Å²) in [5.74, 6) is 0.218. The molecule has 5 heteroatoms. The molecule has 0 aliphatic carbocycles. The smallest absolute Gasteiger partial charge is 0.257 e. The van der Waals surface area contributed by atoms with Crippen molar-refractivity contribution in [2.75, 3.05) is 5.32 Å². The molecule has 2 aromatic carbocycles. The van der Waals surface area contributed by atoms with Gasteiger partial charge in [-0.25, -0.2) is 0 Å². The number of hydrogen-bond acceptors (Lipinski definition) is 4. The summed E-state index contributed by atoms with van der Waals surface area (Å²) in [4.78, 5) is 16.1. The van der Waals surface area contributed by atoms with E-state index in [9.17, 15) is 9.90 Å². The van der Waals surface area contributed by atoms with E-state index in [-0.39, 0.29) is 0 Å². The lowest BCUT2D eigenvalue weighted by atomic mass is 10.1. The largest absolute Gasteiger partial charge is 0.489 e. The summed E-state index contributed by atoms with van der Waals surface area (Å²) in [6.07, 6.45) is 2.23. The van der Waals surface area contributed by atoms with Crippen LogP contribution >= 0.6 is 0 Å². The van der Waals surface area contributed by atoms with Gasteiger partial charge in [-0.2, -0.15) is 0 Å². The van der Waals surface area contributed by atoms with Crippen LogP contribution in [0.4, 0.5) is 5.69 Å². The van der Waals surface area contributed by atoms with Gasteiger partial charge in [0, 0.05) is 18.1 Å². The topological polar surface area (TPSA) is 71.5 Å². The summed E-state index contributed by atoms with van der Waals surface area (Å²) in [6, 6.07) is 19.6. The second-order valence-electron chi connectivity index (χ2n) is 5.47. The van der Waals surface area contributed by atoms with Gasteiger partial charge >= 0.3 is 0 Å². The van der Waals surface area contributed by atoms with E-state index >= 15 is 0 Å². The van der Waals surface area contributed by atoms with Gasteiger partial charge < -0.3 is 15.2 Å². The number of nitrogens with one attached hydrogen (secondary N) is 1. The van der Waals surface area contributed by atoms with Crippen LogP contribution in [0.25, 0.3) is 0 Å². The van der Waals surface area contributed by atoms with E-state index in [4.69, 9.17) is 4.74 Å². The molecule has 3 rings (SSSR count). The zero-order valence-corrected chi connectivity index (χ0v) is 13.5. The molecule has 0 aliphatic heterocycles. The van der Waals surface area contributed by atoms with Crippen molar-refractivity contribution in [2.24, 2.45) is 0 Å². The van der Waals surface area contributed by atoms with E-state index in [1.807, 2.05) is 18.2 Å². The summed E-state index contributed by atoms with van der Waals surface area (Å²) < 4.78 is 5.68. The molecule has 25 heavy (non-hydrogen) atoms. The van der Waals surface area contributed by atoms with Crippen molar-refractivity contribution in [3.63, 3.8) is 0 Å². The fourth-order valence-electron chi connectivity index (χ4n) is 2.28. The third-order valence-electron chi connectivity index (χ3n) is 3.64. The van der Waals surface area contributed by atoms with Crippen molar-refractivity contribution < 1.29 is 14.6 Å². The highest BCUT2D eigenvalue weighted by Gasteiger charge is 2.16. The lowest BCUT2D eigenvalue weighted by molar-refractivity contribution is -0.124. The lowest BCUT2D eigenvalue weighted by Gasteiger charge is -2.12. The number of aliphatic hydroxyl groups is 1. The molecule has 0 bridgehead atoms. The summed E-state index contributed by atoms with van der Waals surface area (Å²) in [5.41, 5.74) is 2.17. The van der Waals surface area contributed by atoms with E-state index in [1.54, 1.807) is 60.9 Å². The number of anilines is 1. The molecule has 1 amide bonds. The quantitative estimate of drug-likeness (QED) is 0.725. The molecule has 0 aliphatic rings. The molecule has 5 nitrogen and oxygen atoms in total. The normalized spacial score (nSPS) is 11.6. The predicted octanol–water partition coefficient (Wildman–Crippen LogP) is 3.33. The van der Waals surface area contributed by atoms with E-state index in [2.05, 4.69) is 10.3 Å². The van der Waals surface area contributed by atoms with E-state index in [0.29, 0.717) is 23.6 Å². The molecule has 126 valence electrons. The number of benzene rings is 2. The number of carbonyl (C=O) groups excluding carboxylic acids is 1. The van der Waals surface area contributed by atoms with Crippen molar-refractivity contribution in [3.05, 3.63) is 90.3 Å². The van der Waals surface area contributed by atoms with E-state index < -0.39 is 12.0 Å². The van der Waals surface area contributed by atoms with Crippen molar-refractivity contribution in [1.29, 1.82) is 0 Å². The third kappa shape index (κ3) is 4.65. The second-order valence-corrected chi connectivity index (χ2v) is 5.47. The van der Waals surface area contributed by atoms with Crippen LogP contribution in [-0.4, -0.2) is 16.0 Å². The van der Waals surface area contributed by atoms with Gasteiger partial charge in [0.05, 0.1) is 0 Å². The minimum atomic E-state index is -1.20. The molecule has 3 aromatic rings. The van der Waals surface area contributed by atoms with Crippen LogP contribution in [0.1, 0.15) is 17.2 Å². The number of aliphatic hydroxyl groups excluding tert-OH is 1. The van der Waals surface area contributed by atoms with Gasteiger partial charge in [0.2, 0.25) is 0 Å². The summed E-state index contributed by atoms with van der Waals surface area (Å²) in [5, 5.41) is 12.8. The average Bonchev–Trinajstić information content (AvgIpc) is 2.68. The Balaban J connectivity index is 1.56. The first kappa shape index (κ1) is 16.7. The van der Waals surface area contributed by atoms with Gasteiger partial charge in [-0.1, -0.05) is 30.3 Å². The Labute approximate surface area is 145 Å². The number of amides is 1. The molecule has 0 fully saturated rings. The van der Waals surface area contributed by atoms with Gasteiger partial charge in [0.25, 0.3) is 5.91 Å². The van der Waals surface area contributed by atoms with Gasteiger partial charge in [-0.05, 0) is 47.5 Å². The van der Waals surface area contributed by atoms with Crippen molar-refractivity contribution in [2.45, 2.75) is 12.7 Å². The first-order valence-corrected chi connectivity index (χ1v) is 7.88. The molecule has 2 N–H and O–H groups in total. The summed E-state index contributed by atoms with van der Waals surface area (Å²) >= 11 is 0. The maximum Gasteiger partial charge on any atom is 0.257 e. The molecule has 0 saturated carbocycles. The number of aromatic nitrogens is 1. The first-order valence-electron chi connectivity index (χ1n) is 7.88. The third-order valence-corrected chi connectivity index (χ3v) is 3.64. The Morgan fingerprint density at radius 3 is 2.36 bits per heavy atom. The van der Waals surface area contributed by atoms with Crippen LogP contribution in [0, 0.1) is 0 Å². The minimum Gasteiger partial charge on any atom is -0.489 e. The maximum atomic E-state index is 12.1. The molecule has 0 spiro atoms. The summed E-state index contributed by atoms with van der Waals surface area (Å²) in [6.45, 7) is 0.445. The zero-order chi connectivity index (χ0) is 17.5. The van der Waals surface area contributed by atoms with Crippen molar-refractivity contribution in [3.8, 4) is 5.75 Å². The van der Waals surface area contributed by atoms with E-state index in [0.717, 1.165) is 5.56 Å². The van der Waals surface area contributed by atoms with Gasteiger partial charge in [0.15, 0.2) is 6.10 Å². The number of carbonyl (C=O) groups is 1. The predicted molar refractivity (Wildman–Crippen MR) is 95.0 cm³/mol. The zero-order valence-electron chi connectivity index (χ0n) is 13.5. The number of ether oxygens (including phenoxy) is 1. The molecule has 1 atom stereocenters. The highest BCUT2D eigenvalue weighted by atomic mass is 16.5. The SMILES string of the molecule is O=C(Nc1ccc(OCc2ccncc2)cc1)[C@H](O)c1ccccc1. The van der Waals surface area contributed by atoms with Crippen LogP contribution in [-0.2, 0) is 11.4 Å². The fourth-order valence-corrected chi connectivity index (χ4v) is 2.28. The lowest BCUT2D eigenvalue weighted by Crippen LogP contribution is -2.20. The monoisotopic (exact) mass is 334 g/mol. The van der Waals surface area contributed by atoms with Gasteiger partial charge in [-0.15, -0.1) is 0 Å². The Morgan fingerprint density at radius 1 is 1.00 bits per heavy atom. The molecular weight excluding hydrogens is 316 g/mol. The number of pyridine rings is 1. The highest BCUT2D eigenvalue weighted by molar-refractivity contribution is 5.94. The van der Waals surface area contributed by atoms with Crippen LogP contribution in [0.3, 0.4) is 0 Å². The van der Waals surface area contributed by atoms with Crippen molar-refractivity contribution >= 4 is 11.6 Å². The van der Waals surface area contributed by atoms with E-state index in [1.165, 1.54) is 0 Å². The van der Waals surface area contributed by atoms with Crippen molar-refractivity contribution in [1.82, 2.24) is 4.98 Å². The standard InChI is InChI=1S/C20H18N2O3/c23-19(16-4-2-1-3-5-16)20(24)22-17-6-8-18(9-7-17)25-14-15-10-12-21-13-11-15/h1-13,19,23H,14H2,(H,22,24)/t19-/m1/s1. The van der Waals surface area contributed by atoms with Crippen LogP contribution in [0.15, 0.2) is 79.1 Å². The molecular formula is C20H18N2O3. The Morgan fingerprint density at radius 2 is 1.68 bits per heavy atom. The van der Waals surface area contributed by atoms with Gasteiger partial charge in [0.1, 0.15) is 12.4 Å². The maximum absolute atomic E-state index is 12.1. The Hall–Kier alpha value is -3.18. The second kappa shape index (κ2) is 8.08. The Bertz CT molecular complexity index is 805. The summed E-state index contributed by atoms with van der Waals surface area (Å²) in [7, 11) is 0. The average molecular weight is 334 g/mol. The minimum absolute atomic E-state index is 0.445. The molecule has 0 saturated heterocycles. The molecule has 0 radical (unpaired) electrons. The van der Waals surface area contributed by atoms with Gasteiger partial charge in [-0.3, -0.25) is 9.78 Å². The first-order chi connectivity index (χ1) is 12.2. The molecule has 1 heterocycles. The van der Waals surface area contributed by atoms with Crippen LogP contribution in [0.2, 0.25) is 0 Å². The number of hydrogen-bond donors (Lipinski definition) is 2.